The predicted molar refractivity (Wildman–Crippen MR) is 133 cm³/mol. The maximum atomic E-state index is 13.8. The minimum atomic E-state index is -0.299. The number of rotatable bonds is 5. The van der Waals surface area contributed by atoms with Crippen molar-refractivity contribution in [2.75, 3.05) is 20.0 Å². The Morgan fingerprint density at radius 1 is 0.912 bits per heavy atom. The zero-order valence-electron chi connectivity index (χ0n) is 19.1. The number of methoxy groups -OCH3 is 2. The first-order chi connectivity index (χ1) is 16.4. The molecular formula is C26H24N4O4. The number of para-hydroxylation sites is 1. The van der Waals surface area contributed by atoms with Gasteiger partial charge in [-0.05, 0) is 36.2 Å². The fourth-order valence-electron chi connectivity index (χ4n) is 4.34. The van der Waals surface area contributed by atoms with Crippen LogP contribution in [-0.2, 0) is 6.54 Å². The summed E-state index contributed by atoms with van der Waals surface area (Å²) in [6.07, 6.45) is 0. The van der Waals surface area contributed by atoms with Gasteiger partial charge in [-0.2, -0.15) is 0 Å². The number of fused-ring (bicyclic) bond motifs is 3. The summed E-state index contributed by atoms with van der Waals surface area (Å²) < 4.78 is 13.8. The fourth-order valence-corrected chi connectivity index (χ4v) is 4.34. The second-order valence-corrected chi connectivity index (χ2v) is 8.13. The number of hydrogen-bond acceptors (Lipinski definition) is 5. The summed E-state index contributed by atoms with van der Waals surface area (Å²) in [6.45, 7) is 2.20. The zero-order valence-corrected chi connectivity index (χ0v) is 19.1. The average Bonchev–Trinajstić information content (AvgIpc) is 3.18. The van der Waals surface area contributed by atoms with Gasteiger partial charge in [-0.25, -0.2) is 4.68 Å². The van der Waals surface area contributed by atoms with Gasteiger partial charge in [-0.15, -0.1) is 0 Å². The highest BCUT2D eigenvalue weighted by atomic mass is 16.5. The first kappa shape index (κ1) is 21.4. The Labute approximate surface area is 194 Å². The van der Waals surface area contributed by atoms with Crippen molar-refractivity contribution in [1.29, 1.82) is 0 Å². The maximum Gasteiger partial charge on any atom is 0.264 e. The second-order valence-electron chi connectivity index (χ2n) is 8.13. The molecule has 5 rings (SSSR count). The minimum absolute atomic E-state index is 0.245. The summed E-state index contributed by atoms with van der Waals surface area (Å²) >= 11 is 0. The lowest BCUT2D eigenvalue weighted by atomic mass is 10.1. The Balaban J connectivity index is 1.86. The smallest absolute Gasteiger partial charge is 0.264 e. The molecule has 0 bridgehead atoms. The SMILES string of the molecule is COc1ccc(Cn2c(=O)c3c(N)n(-c4ccccc4C)[nH]c3c3c(=O)cc(OC)cc32)cc1. The Bertz CT molecular complexity index is 1660. The number of anilines is 1. The first-order valence-corrected chi connectivity index (χ1v) is 10.8. The first-order valence-electron chi connectivity index (χ1n) is 10.8. The van der Waals surface area contributed by atoms with Crippen LogP contribution in [0.5, 0.6) is 11.5 Å². The molecular weight excluding hydrogens is 432 g/mol. The van der Waals surface area contributed by atoms with Crippen LogP contribution in [0, 0.1) is 6.92 Å². The van der Waals surface area contributed by atoms with Crippen LogP contribution in [0.25, 0.3) is 27.5 Å². The molecule has 172 valence electrons. The normalized spacial score (nSPS) is 11.3. The number of aryl methyl sites for hydroxylation is 1. The molecule has 0 radical (unpaired) electrons. The molecule has 0 aliphatic carbocycles. The Morgan fingerprint density at radius 2 is 1.62 bits per heavy atom. The third-order valence-electron chi connectivity index (χ3n) is 6.12. The van der Waals surface area contributed by atoms with E-state index in [4.69, 9.17) is 15.2 Å². The van der Waals surface area contributed by atoms with Crippen molar-refractivity contribution in [2.24, 2.45) is 0 Å². The summed E-state index contributed by atoms with van der Waals surface area (Å²) in [6, 6.07) is 18.2. The molecule has 3 N–H and O–H groups in total. The van der Waals surface area contributed by atoms with Crippen molar-refractivity contribution in [3.8, 4) is 17.2 Å². The van der Waals surface area contributed by atoms with Gasteiger partial charge < -0.3 is 19.8 Å². The molecule has 34 heavy (non-hydrogen) atoms. The fraction of sp³-hybridized carbons (Fsp3) is 0.154. The van der Waals surface area contributed by atoms with Crippen LogP contribution in [0.1, 0.15) is 11.1 Å². The van der Waals surface area contributed by atoms with E-state index in [1.54, 1.807) is 22.4 Å². The van der Waals surface area contributed by atoms with Crippen LogP contribution in [0.2, 0.25) is 0 Å². The van der Waals surface area contributed by atoms with Crippen LogP contribution in [-0.4, -0.2) is 28.6 Å². The number of nitrogen functional groups attached to an aromatic ring is 1. The Morgan fingerprint density at radius 3 is 2.29 bits per heavy atom. The van der Waals surface area contributed by atoms with Crippen molar-refractivity contribution in [3.63, 3.8) is 0 Å². The highest BCUT2D eigenvalue weighted by Crippen LogP contribution is 2.29. The second kappa shape index (κ2) is 8.15. The van der Waals surface area contributed by atoms with E-state index in [1.807, 2.05) is 55.5 Å². The molecule has 0 saturated heterocycles. The molecule has 0 aliphatic rings. The number of benzene rings is 3. The van der Waals surface area contributed by atoms with E-state index in [0.29, 0.717) is 27.9 Å². The van der Waals surface area contributed by atoms with E-state index in [1.165, 1.54) is 13.2 Å². The van der Waals surface area contributed by atoms with E-state index in [0.717, 1.165) is 16.8 Å². The molecule has 3 aromatic carbocycles. The number of aromatic amines is 1. The Kier molecular flexibility index (Phi) is 5.13. The number of H-pyrrole nitrogens is 1. The topological polar surface area (TPSA) is 104 Å². The summed E-state index contributed by atoms with van der Waals surface area (Å²) in [7, 11) is 3.09. The lowest BCUT2D eigenvalue weighted by Gasteiger charge is -2.13. The molecule has 0 aliphatic heterocycles. The largest absolute Gasteiger partial charge is 0.497 e. The van der Waals surface area contributed by atoms with Crippen LogP contribution >= 0.6 is 0 Å². The molecule has 0 fully saturated rings. The molecule has 8 nitrogen and oxygen atoms in total. The van der Waals surface area contributed by atoms with E-state index in [9.17, 15) is 9.59 Å². The quantitative estimate of drug-likeness (QED) is 0.421. The molecule has 8 heteroatoms. The van der Waals surface area contributed by atoms with Gasteiger partial charge in [0.05, 0.1) is 42.9 Å². The van der Waals surface area contributed by atoms with Gasteiger partial charge in [-0.1, -0.05) is 30.3 Å². The van der Waals surface area contributed by atoms with Gasteiger partial charge in [0, 0.05) is 12.1 Å². The molecule has 0 spiro atoms. The van der Waals surface area contributed by atoms with Crippen LogP contribution in [0.3, 0.4) is 0 Å². The molecule has 2 heterocycles. The minimum Gasteiger partial charge on any atom is -0.497 e. The van der Waals surface area contributed by atoms with Crippen molar-refractivity contribution in [1.82, 2.24) is 14.3 Å². The van der Waals surface area contributed by atoms with Gasteiger partial charge in [0.2, 0.25) is 0 Å². The molecule has 0 amide bonds. The lowest BCUT2D eigenvalue weighted by Crippen LogP contribution is -2.23. The monoisotopic (exact) mass is 456 g/mol. The zero-order chi connectivity index (χ0) is 24.0. The van der Waals surface area contributed by atoms with E-state index in [2.05, 4.69) is 5.10 Å². The molecule has 2 aromatic heterocycles. The number of hydrogen-bond donors (Lipinski definition) is 2. The highest BCUT2D eigenvalue weighted by Gasteiger charge is 2.21. The van der Waals surface area contributed by atoms with Gasteiger partial charge in [0.15, 0.2) is 5.43 Å². The van der Waals surface area contributed by atoms with Crippen LogP contribution in [0.15, 0.2) is 70.3 Å². The van der Waals surface area contributed by atoms with Gasteiger partial charge in [-0.3, -0.25) is 14.7 Å². The number of nitrogens with two attached hydrogens (primary N) is 1. The van der Waals surface area contributed by atoms with Crippen LogP contribution in [0.4, 0.5) is 5.82 Å². The van der Waals surface area contributed by atoms with Gasteiger partial charge >= 0.3 is 0 Å². The van der Waals surface area contributed by atoms with E-state index < -0.39 is 0 Å². The molecule has 0 saturated carbocycles. The van der Waals surface area contributed by atoms with Gasteiger partial charge in [0.1, 0.15) is 22.7 Å². The number of ether oxygens (including phenoxy) is 2. The molecule has 0 atom stereocenters. The Hall–Kier alpha value is -4.46. The van der Waals surface area contributed by atoms with Crippen LogP contribution < -0.4 is 26.2 Å². The third kappa shape index (κ3) is 3.31. The average molecular weight is 457 g/mol. The summed E-state index contributed by atoms with van der Waals surface area (Å²) in [5.41, 5.74) is 9.46. The molecule has 5 aromatic rings. The van der Waals surface area contributed by atoms with Gasteiger partial charge in [0.25, 0.3) is 5.56 Å². The van der Waals surface area contributed by atoms with E-state index in [-0.39, 0.29) is 28.7 Å². The third-order valence-corrected chi connectivity index (χ3v) is 6.12. The highest BCUT2D eigenvalue weighted by molar-refractivity contribution is 6.07. The number of nitrogens with one attached hydrogen (secondary N) is 1. The summed E-state index contributed by atoms with van der Waals surface area (Å²) in [5.74, 6) is 1.34. The number of aromatic nitrogens is 3. The summed E-state index contributed by atoms with van der Waals surface area (Å²) in [4.78, 5) is 27.0. The lowest BCUT2D eigenvalue weighted by molar-refractivity contribution is 0.414. The standard InChI is InChI=1S/C26H24N4O4/c1-15-6-4-5-7-19(15)30-25(27)23-24(28-30)22-20(12-18(34-3)13-21(22)31)29(26(23)32)14-16-8-10-17(33-2)11-9-16/h4-13,28H,14,27H2,1-3H3. The van der Waals surface area contributed by atoms with E-state index >= 15 is 0 Å². The number of nitrogens with zero attached hydrogens (tertiary/aromatic N) is 2. The number of pyridine rings is 1. The summed E-state index contributed by atoms with van der Waals surface area (Å²) in [5, 5.41) is 3.86. The maximum absolute atomic E-state index is 13.8. The molecule has 0 unspecified atom stereocenters. The predicted octanol–water partition coefficient (Wildman–Crippen LogP) is 3.59. The van der Waals surface area contributed by atoms with Crippen molar-refractivity contribution < 1.29 is 9.47 Å². The van der Waals surface area contributed by atoms with Crippen molar-refractivity contribution >= 4 is 27.6 Å². The van der Waals surface area contributed by atoms with Crippen molar-refractivity contribution in [3.05, 3.63) is 92.4 Å². The van der Waals surface area contributed by atoms with Crippen molar-refractivity contribution in [2.45, 2.75) is 13.5 Å².